The van der Waals surface area contributed by atoms with Crippen LogP contribution in [0.4, 0.5) is 10.2 Å². The number of benzene rings is 1. The third kappa shape index (κ3) is 1.48. The van der Waals surface area contributed by atoms with Gasteiger partial charge in [0.05, 0.1) is 11.2 Å². The fourth-order valence-electron chi connectivity index (χ4n) is 2.32. The Kier molecular flexibility index (Phi) is 2.16. The second-order valence-electron chi connectivity index (χ2n) is 4.48. The summed E-state index contributed by atoms with van der Waals surface area (Å²) in [6, 6.07) is 5.13. The summed E-state index contributed by atoms with van der Waals surface area (Å²) >= 11 is 0. The molecule has 92 valence electrons. The van der Waals surface area contributed by atoms with E-state index in [1.165, 1.54) is 6.07 Å². The number of nitrogen functional groups attached to an aromatic ring is 1. The summed E-state index contributed by atoms with van der Waals surface area (Å²) in [6.45, 7) is 1.97. The molecule has 3 aromatic rings. The molecule has 5 heteroatoms. The van der Waals surface area contributed by atoms with E-state index in [9.17, 15) is 4.39 Å². The van der Waals surface area contributed by atoms with Crippen molar-refractivity contribution in [2.45, 2.75) is 6.92 Å². The van der Waals surface area contributed by atoms with Gasteiger partial charge in [0, 0.05) is 30.3 Å². The van der Waals surface area contributed by atoms with E-state index in [4.69, 9.17) is 5.73 Å². The molecule has 2 heterocycles. The number of nitrogens with two attached hydrogens (primary N) is 1. The van der Waals surface area contributed by atoms with Crippen molar-refractivity contribution in [3.63, 3.8) is 0 Å². The third-order valence-corrected chi connectivity index (χ3v) is 3.14. The Labute approximate surface area is 103 Å². The van der Waals surface area contributed by atoms with Gasteiger partial charge >= 0.3 is 0 Å². The number of nitrogens with zero attached hydrogens (tertiary/aromatic N) is 2. The predicted octanol–water partition coefficient (Wildman–Crippen LogP) is 2.60. The van der Waals surface area contributed by atoms with Crippen molar-refractivity contribution in [3.05, 3.63) is 35.8 Å². The summed E-state index contributed by atoms with van der Waals surface area (Å²) in [7, 11) is 1.84. The number of halogens is 1. The monoisotopic (exact) mass is 244 g/mol. The highest BCUT2D eigenvalue weighted by molar-refractivity contribution is 5.88. The molecule has 2 aromatic heterocycles. The Morgan fingerprint density at radius 3 is 2.78 bits per heavy atom. The maximum absolute atomic E-state index is 14.1. The van der Waals surface area contributed by atoms with Gasteiger partial charge in [-0.2, -0.15) is 5.10 Å². The molecule has 0 saturated carbocycles. The van der Waals surface area contributed by atoms with E-state index in [1.54, 1.807) is 10.6 Å². The number of anilines is 1. The molecule has 0 bridgehead atoms. The largest absolute Gasteiger partial charge is 0.382 e. The molecular weight excluding hydrogens is 231 g/mol. The van der Waals surface area contributed by atoms with Gasteiger partial charge in [-0.3, -0.25) is 5.10 Å². The van der Waals surface area contributed by atoms with E-state index in [2.05, 4.69) is 10.2 Å². The third-order valence-electron chi connectivity index (χ3n) is 3.14. The number of hydrogen-bond acceptors (Lipinski definition) is 2. The van der Waals surface area contributed by atoms with E-state index in [0.29, 0.717) is 11.3 Å². The van der Waals surface area contributed by atoms with E-state index in [1.807, 2.05) is 26.2 Å². The normalized spacial score (nSPS) is 11.3. The van der Waals surface area contributed by atoms with Crippen molar-refractivity contribution in [2.75, 3.05) is 5.73 Å². The predicted molar refractivity (Wildman–Crippen MR) is 69.6 cm³/mol. The molecule has 0 aliphatic rings. The lowest BCUT2D eigenvalue weighted by molar-refractivity contribution is 0.632. The number of aromatic amines is 1. The van der Waals surface area contributed by atoms with Gasteiger partial charge in [0.25, 0.3) is 0 Å². The summed E-state index contributed by atoms with van der Waals surface area (Å²) in [5.74, 6) is 0.154. The number of aromatic nitrogens is 3. The maximum Gasteiger partial charge on any atom is 0.148 e. The Morgan fingerprint density at radius 1 is 1.33 bits per heavy atom. The molecule has 0 radical (unpaired) electrons. The fraction of sp³-hybridized carbons (Fsp3) is 0.154. The highest BCUT2D eigenvalue weighted by Crippen LogP contribution is 2.29. The molecule has 0 spiro atoms. The van der Waals surface area contributed by atoms with Crippen LogP contribution >= 0.6 is 0 Å². The zero-order valence-corrected chi connectivity index (χ0v) is 10.2. The Hall–Kier alpha value is -2.30. The zero-order chi connectivity index (χ0) is 12.9. The SMILES string of the molecule is Cc1cn(C)c2c(F)cc(-c3cc(N)n[nH]3)cc12. The molecule has 0 aliphatic heterocycles. The molecule has 0 amide bonds. The van der Waals surface area contributed by atoms with Gasteiger partial charge in [-0.15, -0.1) is 0 Å². The first-order chi connectivity index (χ1) is 8.56. The highest BCUT2D eigenvalue weighted by Gasteiger charge is 2.12. The van der Waals surface area contributed by atoms with Crippen molar-refractivity contribution in [1.29, 1.82) is 0 Å². The van der Waals surface area contributed by atoms with Gasteiger partial charge in [0.2, 0.25) is 0 Å². The molecular formula is C13H13FN4. The lowest BCUT2D eigenvalue weighted by Gasteiger charge is -2.02. The van der Waals surface area contributed by atoms with Gasteiger partial charge in [0.15, 0.2) is 0 Å². The average molecular weight is 244 g/mol. The summed E-state index contributed by atoms with van der Waals surface area (Å²) in [5, 5.41) is 7.55. The minimum Gasteiger partial charge on any atom is -0.382 e. The minimum absolute atomic E-state index is 0.244. The van der Waals surface area contributed by atoms with Gasteiger partial charge in [-0.25, -0.2) is 4.39 Å². The van der Waals surface area contributed by atoms with Crippen LogP contribution in [-0.2, 0) is 7.05 Å². The first-order valence-corrected chi connectivity index (χ1v) is 5.62. The molecule has 1 aromatic carbocycles. The highest BCUT2D eigenvalue weighted by atomic mass is 19.1. The van der Waals surface area contributed by atoms with E-state index < -0.39 is 0 Å². The fourth-order valence-corrected chi connectivity index (χ4v) is 2.32. The Morgan fingerprint density at radius 2 is 2.11 bits per heavy atom. The van der Waals surface area contributed by atoms with Crippen molar-refractivity contribution in [1.82, 2.24) is 14.8 Å². The topological polar surface area (TPSA) is 59.6 Å². The van der Waals surface area contributed by atoms with Crippen LogP contribution in [-0.4, -0.2) is 14.8 Å². The van der Waals surface area contributed by atoms with Crippen LogP contribution < -0.4 is 5.73 Å². The van der Waals surface area contributed by atoms with Gasteiger partial charge in [0.1, 0.15) is 11.6 Å². The van der Waals surface area contributed by atoms with Crippen LogP contribution in [0.3, 0.4) is 0 Å². The molecule has 18 heavy (non-hydrogen) atoms. The lowest BCUT2D eigenvalue weighted by atomic mass is 10.1. The van der Waals surface area contributed by atoms with Crippen LogP contribution in [0.15, 0.2) is 24.4 Å². The van der Waals surface area contributed by atoms with Gasteiger partial charge < -0.3 is 10.3 Å². The summed E-state index contributed by atoms with van der Waals surface area (Å²) in [4.78, 5) is 0. The zero-order valence-electron chi connectivity index (χ0n) is 10.2. The van der Waals surface area contributed by atoms with Crippen LogP contribution in [0.1, 0.15) is 5.56 Å². The molecule has 0 fully saturated rings. The van der Waals surface area contributed by atoms with Crippen molar-refractivity contribution in [2.24, 2.45) is 7.05 Å². The number of rotatable bonds is 1. The molecule has 4 nitrogen and oxygen atoms in total. The average Bonchev–Trinajstić information content (AvgIpc) is 2.84. The van der Waals surface area contributed by atoms with Crippen molar-refractivity contribution < 1.29 is 4.39 Å². The summed E-state index contributed by atoms with van der Waals surface area (Å²) in [6.07, 6.45) is 1.92. The molecule has 0 unspecified atom stereocenters. The Bertz CT molecular complexity index is 739. The van der Waals surface area contributed by atoms with Gasteiger partial charge in [-0.05, 0) is 24.6 Å². The first kappa shape index (κ1) is 10.8. The van der Waals surface area contributed by atoms with Crippen LogP contribution in [0.2, 0.25) is 0 Å². The van der Waals surface area contributed by atoms with Crippen molar-refractivity contribution in [3.8, 4) is 11.3 Å². The van der Waals surface area contributed by atoms with E-state index in [-0.39, 0.29) is 5.82 Å². The number of hydrogen-bond donors (Lipinski definition) is 2. The van der Waals surface area contributed by atoms with Gasteiger partial charge in [-0.1, -0.05) is 0 Å². The summed E-state index contributed by atoms with van der Waals surface area (Å²) < 4.78 is 15.9. The van der Waals surface area contributed by atoms with Crippen LogP contribution in [0.5, 0.6) is 0 Å². The van der Waals surface area contributed by atoms with Crippen LogP contribution in [0, 0.1) is 12.7 Å². The second kappa shape index (κ2) is 3.60. The quantitative estimate of drug-likeness (QED) is 0.691. The lowest BCUT2D eigenvalue weighted by Crippen LogP contribution is -1.89. The molecule has 0 saturated heterocycles. The smallest absolute Gasteiger partial charge is 0.148 e. The number of H-pyrrole nitrogens is 1. The standard InChI is InChI=1S/C13H13FN4/c1-7-6-18(2)13-9(7)3-8(4-10(13)14)11-5-12(15)17-16-11/h3-6H,1-2H3,(H3,15,16,17). The molecule has 3 N–H and O–H groups in total. The van der Waals surface area contributed by atoms with Crippen LogP contribution in [0.25, 0.3) is 22.2 Å². The molecule has 0 aliphatic carbocycles. The number of fused-ring (bicyclic) bond motifs is 1. The molecule has 0 atom stereocenters. The first-order valence-electron chi connectivity index (χ1n) is 5.62. The maximum atomic E-state index is 14.1. The minimum atomic E-state index is -0.244. The number of nitrogens with one attached hydrogen (secondary N) is 1. The van der Waals surface area contributed by atoms with Crippen molar-refractivity contribution >= 4 is 16.7 Å². The second-order valence-corrected chi connectivity index (χ2v) is 4.48. The van der Waals surface area contributed by atoms with E-state index in [0.717, 1.165) is 22.2 Å². The summed E-state index contributed by atoms with van der Waals surface area (Å²) in [5.41, 5.74) is 8.68. The Balaban J connectivity index is 2.30. The van der Waals surface area contributed by atoms with E-state index >= 15 is 0 Å². The molecule has 3 rings (SSSR count). The number of aryl methyl sites for hydroxylation is 2.